The largest absolute Gasteiger partial charge is 0.309 e. The van der Waals surface area contributed by atoms with Gasteiger partial charge in [0, 0.05) is 30.7 Å². The molecule has 1 aliphatic carbocycles. The Morgan fingerprint density at radius 2 is 1.89 bits per heavy atom. The topological polar surface area (TPSA) is 15.3 Å². The van der Waals surface area contributed by atoms with E-state index in [0.29, 0.717) is 5.54 Å². The SMILES string of the molecule is CCC(C)C1CNC(C)(CC)CN1C1CCCCC1. The van der Waals surface area contributed by atoms with Gasteiger partial charge in [0.25, 0.3) is 0 Å². The summed E-state index contributed by atoms with van der Waals surface area (Å²) in [7, 11) is 0. The number of nitrogens with zero attached hydrogens (tertiary/aromatic N) is 1. The van der Waals surface area contributed by atoms with Gasteiger partial charge >= 0.3 is 0 Å². The molecule has 1 N–H and O–H groups in total. The maximum atomic E-state index is 3.84. The van der Waals surface area contributed by atoms with E-state index >= 15 is 0 Å². The van der Waals surface area contributed by atoms with Crippen molar-refractivity contribution in [2.24, 2.45) is 5.92 Å². The first-order chi connectivity index (χ1) is 9.09. The zero-order valence-corrected chi connectivity index (χ0v) is 13.5. The molecule has 0 spiro atoms. The number of hydrogen-bond donors (Lipinski definition) is 1. The molecule has 1 saturated carbocycles. The summed E-state index contributed by atoms with van der Waals surface area (Å²) in [6.45, 7) is 12.0. The summed E-state index contributed by atoms with van der Waals surface area (Å²) < 4.78 is 0. The van der Waals surface area contributed by atoms with Crippen LogP contribution >= 0.6 is 0 Å². The molecule has 1 heterocycles. The molecule has 3 atom stereocenters. The van der Waals surface area contributed by atoms with Gasteiger partial charge in [-0.05, 0) is 32.1 Å². The second kappa shape index (κ2) is 6.58. The minimum Gasteiger partial charge on any atom is -0.309 e. The zero-order valence-electron chi connectivity index (χ0n) is 13.5. The molecule has 0 radical (unpaired) electrons. The van der Waals surface area contributed by atoms with Gasteiger partial charge < -0.3 is 5.32 Å². The lowest BCUT2D eigenvalue weighted by Crippen LogP contribution is -2.66. The highest BCUT2D eigenvalue weighted by Gasteiger charge is 2.39. The van der Waals surface area contributed by atoms with Gasteiger partial charge in [-0.25, -0.2) is 0 Å². The van der Waals surface area contributed by atoms with Gasteiger partial charge in [0.05, 0.1) is 0 Å². The summed E-state index contributed by atoms with van der Waals surface area (Å²) in [4.78, 5) is 2.90. The van der Waals surface area contributed by atoms with Crippen molar-refractivity contribution in [3.05, 3.63) is 0 Å². The standard InChI is InChI=1S/C17H34N2/c1-5-14(3)16-12-18-17(4,6-2)13-19(16)15-10-8-7-9-11-15/h14-16,18H,5-13H2,1-4H3. The van der Waals surface area contributed by atoms with Gasteiger partial charge in [0.15, 0.2) is 0 Å². The van der Waals surface area contributed by atoms with Crippen LogP contribution in [-0.4, -0.2) is 35.6 Å². The minimum atomic E-state index is 0.335. The van der Waals surface area contributed by atoms with Crippen molar-refractivity contribution >= 4 is 0 Å². The molecule has 2 rings (SSSR count). The van der Waals surface area contributed by atoms with Crippen LogP contribution in [0.2, 0.25) is 0 Å². The maximum absolute atomic E-state index is 3.84. The normalized spacial score (nSPS) is 36.3. The molecule has 2 heteroatoms. The van der Waals surface area contributed by atoms with Gasteiger partial charge in [0.2, 0.25) is 0 Å². The Morgan fingerprint density at radius 1 is 1.21 bits per heavy atom. The predicted molar refractivity (Wildman–Crippen MR) is 83.5 cm³/mol. The molecule has 0 aromatic heterocycles. The number of piperazine rings is 1. The number of rotatable bonds is 4. The van der Waals surface area contributed by atoms with Crippen molar-refractivity contribution in [2.75, 3.05) is 13.1 Å². The zero-order chi connectivity index (χ0) is 13.9. The van der Waals surface area contributed by atoms with Crippen LogP contribution in [0.5, 0.6) is 0 Å². The molecule has 112 valence electrons. The molecule has 1 saturated heterocycles. The molecule has 2 nitrogen and oxygen atoms in total. The highest BCUT2D eigenvalue weighted by molar-refractivity contribution is 4.98. The van der Waals surface area contributed by atoms with Crippen LogP contribution < -0.4 is 5.32 Å². The Kier molecular flexibility index (Phi) is 5.30. The van der Waals surface area contributed by atoms with E-state index in [1.54, 1.807) is 0 Å². The maximum Gasteiger partial charge on any atom is 0.0278 e. The highest BCUT2D eigenvalue weighted by Crippen LogP contribution is 2.31. The van der Waals surface area contributed by atoms with Crippen LogP contribution in [0, 0.1) is 5.92 Å². The lowest BCUT2D eigenvalue weighted by molar-refractivity contribution is 0.00773. The van der Waals surface area contributed by atoms with E-state index in [2.05, 4.69) is 37.9 Å². The summed E-state index contributed by atoms with van der Waals surface area (Å²) in [6.07, 6.45) is 9.78. The first-order valence-corrected chi connectivity index (χ1v) is 8.60. The van der Waals surface area contributed by atoms with E-state index in [-0.39, 0.29) is 0 Å². The van der Waals surface area contributed by atoms with E-state index < -0.39 is 0 Å². The van der Waals surface area contributed by atoms with Crippen LogP contribution in [0.15, 0.2) is 0 Å². The molecule has 19 heavy (non-hydrogen) atoms. The Labute approximate surface area is 120 Å². The molecular formula is C17H34N2. The van der Waals surface area contributed by atoms with E-state index in [9.17, 15) is 0 Å². The summed E-state index contributed by atoms with van der Waals surface area (Å²) in [5, 5.41) is 3.84. The summed E-state index contributed by atoms with van der Waals surface area (Å²) in [5.41, 5.74) is 0.335. The van der Waals surface area contributed by atoms with Crippen LogP contribution in [0.4, 0.5) is 0 Å². The Hall–Kier alpha value is -0.0800. The molecular weight excluding hydrogens is 232 g/mol. The van der Waals surface area contributed by atoms with Gasteiger partial charge in [-0.3, -0.25) is 4.90 Å². The van der Waals surface area contributed by atoms with Gasteiger partial charge in [0.1, 0.15) is 0 Å². The number of hydrogen-bond acceptors (Lipinski definition) is 2. The van der Waals surface area contributed by atoms with Crippen LogP contribution in [0.1, 0.15) is 72.6 Å². The molecule has 0 amide bonds. The lowest BCUT2D eigenvalue weighted by Gasteiger charge is -2.51. The average molecular weight is 266 g/mol. The quantitative estimate of drug-likeness (QED) is 0.832. The van der Waals surface area contributed by atoms with Crippen LogP contribution in [-0.2, 0) is 0 Å². The Bertz CT molecular complexity index is 272. The van der Waals surface area contributed by atoms with Gasteiger partial charge in [-0.2, -0.15) is 0 Å². The Morgan fingerprint density at radius 3 is 2.47 bits per heavy atom. The van der Waals surface area contributed by atoms with E-state index in [4.69, 9.17) is 0 Å². The second-order valence-corrected chi connectivity index (χ2v) is 7.21. The van der Waals surface area contributed by atoms with E-state index in [1.807, 2.05) is 0 Å². The van der Waals surface area contributed by atoms with E-state index in [0.717, 1.165) is 18.0 Å². The van der Waals surface area contributed by atoms with Crippen molar-refractivity contribution in [1.29, 1.82) is 0 Å². The van der Waals surface area contributed by atoms with Gasteiger partial charge in [-0.1, -0.05) is 46.5 Å². The van der Waals surface area contributed by atoms with Crippen molar-refractivity contribution < 1.29 is 0 Å². The molecule has 0 aromatic rings. The van der Waals surface area contributed by atoms with E-state index in [1.165, 1.54) is 58.0 Å². The third-order valence-electron chi connectivity index (χ3n) is 5.82. The summed E-state index contributed by atoms with van der Waals surface area (Å²) in [5.74, 6) is 0.816. The first kappa shape index (κ1) is 15.3. The fourth-order valence-electron chi connectivity index (χ4n) is 3.89. The van der Waals surface area contributed by atoms with Crippen LogP contribution in [0.25, 0.3) is 0 Å². The van der Waals surface area contributed by atoms with Crippen molar-refractivity contribution in [3.8, 4) is 0 Å². The molecule has 2 fully saturated rings. The molecule has 0 bridgehead atoms. The predicted octanol–water partition coefficient (Wildman–Crippen LogP) is 3.81. The summed E-state index contributed by atoms with van der Waals surface area (Å²) in [6, 6.07) is 1.62. The third kappa shape index (κ3) is 3.52. The molecule has 2 aliphatic rings. The molecule has 0 aromatic carbocycles. The van der Waals surface area contributed by atoms with Crippen molar-refractivity contribution in [2.45, 2.75) is 90.3 Å². The third-order valence-corrected chi connectivity index (χ3v) is 5.82. The smallest absolute Gasteiger partial charge is 0.0278 e. The minimum absolute atomic E-state index is 0.335. The lowest BCUT2D eigenvalue weighted by atomic mass is 9.84. The average Bonchev–Trinajstić information content (AvgIpc) is 2.47. The molecule has 1 aliphatic heterocycles. The summed E-state index contributed by atoms with van der Waals surface area (Å²) >= 11 is 0. The van der Waals surface area contributed by atoms with Crippen molar-refractivity contribution in [1.82, 2.24) is 10.2 Å². The van der Waals surface area contributed by atoms with Crippen molar-refractivity contribution in [3.63, 3.8) is 0 Å². The Balaban J connectivity index is 2.10. The first-order valence-electron chi connectivity index (χ1n) is 8.60. The van der Waals surface area contributed by atoms with Crippen LogP contribution in [0.3, 0.4) is 0 Å². The second-order valence-electron chi connectivity index (χ2n) is 7.21. The van der Waals surface area contributed by atoms with Gasteiger partial charge in [-0.15, -0.1) is 0 Å². The number of nitrogens with one attached hydrogen (secondary N) is 1. The fraction of sp³-hybridized carbons (Fsp3) is 1.00. The highest BCUT2D eigenvalue weighted by atomic mass is 15.3. The molecule has 3 unspecified atom stereocenters. The fourth-order valence-corrected chi connectivity index (χ4v) is 3.89. The monoisotopic (exact) mass is 266 g/mol.